The summed E-state index contributed by atoms with van der Waals surface area (Å²) in [6.07, 6.45) is 7.03. The van der Waals surface area contributed by atoms with Crippen molar-refractivity contribution in [2.75, 3.05) is 53.4 Å². The van der Waals surface area contributed by atoms with Gasteiger partial charge in [-0.1, -0.05) is 96.5 Å². The van der Waals surface area contributed by atoms with Gasteiger partial charge >= 0.3 is 0 Å². The summed E-state index contributed by atoms with van der Waals surface area (Å²) in [5.41, 5.74) is 3.07. The minimum absolute atomic E-state index is 0.00455. The van der Waals surface area contributed by atoms with E-state index < -0.39 is 47.1 Å². The van der Waals surface area contributed by atoms with Crippen LogP contribution in [0.5, 0.6) is 0 Å². The van der Waals surface area contributed by atoms with Gasteiger partial charge < -0.3 is 51.5 Å². The molecule has 2 aliphatic heterocycles. The number of carbonyl (C=O) groups excluding carboxylic acids is 8. The molecule has 8 atom stereocenters. The maximum absolute atomic E-state index is 14.6. The molecule has 0 saturated carbocycles. The van der Waals surface area contributed by atoms with E-state index in [9.17, 15) is 38.4 Å². The number of aryl methyl sites for hydroxylation is 2. The summed E-state index contributed by atoms with van der Waals surface area (Å²) in [6, 6.07) is 10.6. The van der Waals surface area contributed by atoms with Crippen molar-refractivity contribution in [3.63, 3.8) is 0 Å². The minimum Gasteiger partial charge on any atom is -0.347 e. The van der Waals surface area contributed by atoms with Crippen molar-refractivity contribution in [1.82, 2.24) is 51.5 Å². The van der Waals surface area contributed by atoms with Gasteiger partial charge in [0, 0.05) is 39.0 Å². The molecule has 0 radical (unpaired) electrons. The number of carbonyl (C=O) groups is 8. The number of piperazine rings is 2. The van der Waals surface area contributed by atoms with Crippen LogP contribution >= 0.6 is 0 Å². The van der Waals surface area contributed by atoms with Gasteiger partial charge in [-0.2, -0.15) is 0 Å². The smallest absolute Gasteiger partial charge is 0.246 e. The van der Waals surface area contributed by atoms with E-state index in [4.69, 9.17) is 0 Å². The molecule has 2 saturated heterocycles. The summed E-state index contributed by atoms with van der Waals surface area (Å²) in [5.74, 6) is -2.45. The van der Waals surface area contributed by atoms with Crippen LogP contribution < -0.4 is 31.9 Å². The first-order valence-electron chi connectivity index (χ1n) is 27.4. The zero-order valence-corrected chi connectivity index (χ0v) is 46.3. The Morgan fingerprint density at radius 2 is 0.920 bits per heavy atom. The van der Waals surface area contributed by atoms with Crippen LogP contribution in [0.15, 0.2) is 48.5 Å². The number of rotatable bonds is 18. The Morgan fingerprint density at radius 1 is 0.547 bits per heavy atom. The van der Waals surface area contributed by atoms with Crippen molar-refractivity contribution < 1.29 is 38.4 Å². The second-order valence-electron chi connectivity index (χ2n) is 23.3. The zero-order valence-electron chi connectivity index (χ0n) is 46.3. The number of amides is 8. The molecule has 2 heterocycles. The quantitative estimate of drug-likeness (QED) is 0.119. The number of fused-ring (bicyclic) bond motifs is 2. The van der Waals surface area contributed by atoms with E-state index >= 15 is 0 Å². The lowest BCUT2D eigenvalue weighted by molar-refractivity contribution is -0.152. The molecule has 412 valence electrons. The van der Waals surface area contributed by atoms with Crippen LogP contribution in [0.2, 0.25) is 0 Å². The van der Waals surface area contributed by atoms with Crippen LogP contribution in [0.25, 0.3) is 0 Å². The SMILES string of the molecule is CN[C@@H](C)C(=O)N[C@H](C(=O)N1CCN(C(=O)CCCCCC(=O)N2CCN(C(=O)[C@@H](NC(=O)[C@H](C)NC)C(C)(C)C)[C@H](C(=O)N[C@@H]3CCCc4ccccc43)C2)C[C@H]1C(=O)N[C@@H]1CCCc2ccccc21)C(C)(C)C. The fraction of sp³-hybridized carbons (Fsp3) is 0.649. The molecule has 4 aliphatic rings. The van der Waals surface area contributed by atoms with E-state index in [1.807, 2.05) is 77.9 Å². The van der Waals surface area contributed by atoms with Gasteiger partial charge in [0.2, 0.25) is 47.3 Å². The van der Waals surface area contributed by atoms with E-state index in [0.717, 1.165) is 49.7 Å². The summed E-state index contributed by atoms with van der Waals surface area (Å²) >= 11 is 0. The first-order chi connectivity index (χ1) is 35.5. The van der Waals surface area contributed by atoms with Gasteiger partial charge in [0.1, 0.15) is 24.2 Å². The molecule has 6 rings (SSSR count). The minimum atomic E-state index is -0.995. The van der Waals surface area contributed by atoms with Crippen molar-refractivity contribution in [2.24, 2.45) is 10.8 Å². The highest BCUT2D eigenvalue weighted by Crippen LogP contribution is 2.33. The van der Waals surface area contributed by atoms with Gasteiger partial charge in [-0.05, 0) is 112 Å². The van der Waals surface area contributed by atoms with Gasteiger partial charge in [0.15, 0.2) is 0 Å². The highest BCUT2D eigenvalue weighted by molar-refractivity contribution is 5.96. The lowest BCUT2D eigenvalue weighted by Gasteiger charge is -2.44. The standard InChI is InChI=1S/C57H86N10O8/c1-36(58-9)50(70)62-48(56(3,4)5)54(74)66-32-30-64(34-44(66)52(72)60-42-26-18-22-38-20-14-16-24-40(38)42)46(68)28-12-11-13-29-47(69)65-31-33-67(55(75)49(57(6,7)8)63-51(71)37(2)59-10)45(35-65)53(73)61-43-27-19-23-39-21-15-17-25-41(39)43/h14-17,20-21,24-25,36-37,42-45,48-49,58-59H,11-13,18-19,22-23,26-35H2,1-10H3,(H,60,72)(H,61,73)(H,62,70)(H,63,71)/t36-,37-,42+,43+,44-,45-,48+,49+/m0/s1. The molecule has 18 nitrogen and oxygen atoms in total. The predicted molar refractivity (Wildman–Crippen MR) is 288 cm³/mol. The van der Waals surface area contributed by atoms with Crippen LogP contribution in [0.4, 0.5) is 0 Å². The Balaban J connectivity index is 1.09. The molecule has 2 fully saturated rings. The summed E-state index contributed by atoms with van der Waals surface area (Å²) in [6.45, 7) is 15.3. The Bertz CT molecular complexity index is 2220. The van der Waals surface area contributed by atoms with Crippen molar-refractivity contribution in [2.45, 2.75) is 174 Å². The number of hydrogen-bond donors (Lipinski definition) is 6. The van der Waals surface area contributed by atoms with Gasteiger partial charge in [-0.15, -0.1) is 0 Å². The largest absolute Gasteiger partial charge is 0.347 e. The van der Waals surface area contributed by atoms with E-state index in [1.165, 1.54) is 20.9 Å². The highest BCUT2D eigenvalue weighted by Gasteiger charge is 2.46. The van der Waals surface area contributed by atoms with Gasteiger partial charge in [-0.3, -0.25) is 38.4 Å². The molecule has 6 N–H and O–H groups in total. The van der Waals surface area contributed by atoms with E-state index in [1.54, 1.807) is 37.7 Å². The lowest BCUT2D eigenvalue weighted by Crippen LogP contribution is -2.66. The fourth-order valence-electron chi connectivity index (χ4n) is 10.8. The molecule has 75 heavy (non-hydrogen) atoms. The van der Waals surface area contributed by atoms with Crippen molar-refractivity contribution >= 4 is 47.3 Å². The second-order valence-corrected chi connectivity index (χ2v) is 23.3. The number of likely N-dealkylation sites (N-methyl/N-ethyl adjacent to an activating group) is 2. The predicted octanol–water partition coefficient (Wildman–Crippen LogP) is 3.68. The Hall–Kier alpha value is -5.88. The van der Waals surface area contributed by atoms with Crippen LogP contribution in [0.3, 0.4) is 0 Å². The van der Waals surface area contributed by atoms with E-state index in [2.05, 4.69) is 44.0 Å². The molecule has 2 aromatic carbocycles. The normalized spacial score (nSPS) is 21.6. The third kappa shape index (κ3) is 14.7. The maximum atomic E-state index is 14.6. The third-order valence-corrected chi connectivity index (χ3v) is 15.7. The van der Waals surface area contributed by atoms with Crippen LogP contribution in [0.1, 0.15) is 148 Å². The Morgan fingerprint density at radius 3 is 1.28 bits per heavy atom. The van der Waals surface area contributed by atoms with Crippen LogP contribution in [-0.4, -0.2) is 156 Å². The molecule has 18 heteroatoms. The molecular formula is C57H86N10O8. The molecule has 8 amide bonds. The first-order valence-corrected chi connectivity index (χ1v) is 27.4. The maximum Gasteiger partial charge on any atom is 0.246 e. The number of nitrogens with zero attached hydrogens (tertiary/aromatic N) is 4. The van der Waals surface area contributed by atoms with Crippen LogP contribution in [-0.2, 0) is 51.2 Å². The molecule has 2 aromatic rings. The number of unbranched alkanes of at least 4 members (excludes halogenated alkanes) is 2. The van der Waals surface area contributed by atoms with Crippen LogP contribution in [0, 0.1) is 10.8 Å². The summed E-state index contributed by atoms with van der Waals surface area (Å²) in [4.78, 5) is 119. The van der Waals surface area contributed by atoms with Gasteiger partial charge in [0.25, 0.3) is 0 Å². The fourth-order valence-corrected chi connectivity index (χ4v) is 10.8. The monoisotopic (exact) mass is 1040 g/mol. The van der Waals surface area contributed by atoms with E-state index in [0.29, 0.717) is 19.3 Å². The lowest BCUT2D eigenvalue weighted by atomic mass is 9.85. The molecule has 0 aromatic heterocycles. The first kappa shape index (κ1) is 58.4. The molecule has 0 spiro atoms. The molecule has 0 bridgehead atoms. The third-order valence-electron chi connectivity index (χ3n) is 15.7. The number of hydrogen-bond acceptors (Lipinski definition) is 10. The Kier molecular flexibility index (Phi) is 20.1. The number of nitrogens with one attached hydrogen (secondary N) is 6. The topological polar surface area (TPSA) is 222 Å². The summed E-state index contributed by atoms with van der Waals surface area (Å²) < 4.78 is 0. The summed E-state index contributed by atoms with van der Waals surface area (Å²) in [5, 5.41) is 18.2. The molecule has 2 aliphatic carbocycles. The zero-order chi connectivity index (χ0) is 54.8. The highest BCUT2D eigenvalue weighted by atomic mass is 16.2. The van der Waals surface area contributed by atoms with Crippen molar-refractivity contribution in [3.8, 4) is 0 Å². The molecule has 0 unspecified atom stereocenters. The van der Waals surface area contributed by atoms with Gasteiger partial charge in [-0.25, -0.2) is 0 Å². The van der Waals surface area contributed by atoms with Crippen molar-refractivity contribution in [1.29, 1.82) is 0 Å². The molecular weight excluding hydrogens is 953 g/mol. The van der Waals surface area contributed by atoms with E-state index in [-0.39, 0.29) is 111 Å². The van der Waals surface area contributed by atoms with Gasteiger partial charge in [0.05, 0.1) is 37.3 Å². The average molecular weight is 1040 g/mol. The van der Waals surface area contributed by atoms with Crippen molar-refractivity contribution in [3.05, 3.63) is 70.8 Å². The number of benzene rings is 2. The average Bonchev–Trinajstić information content (AvgIpc) is 3.39. The summed E-state index contributed by atoms with van der Waals surface area (Å²) in [7, 11) is 3.34. The Labute approximate surface area is 445 Å². The second kappa shape index (κ2) is 25.8.